The van der Waals surface area contributed by atoms with Crippen molar-refractivity contribution in [2.75, 3.05) is 23.3 Å². The Kier molecular flexibility index (Phi) is 7.65. The van der Waals surface area contributed by atoms with E-state index in [-0.39, 0.29) is 11.6 Å². The first-order chi connectivity index (χ1) is 13.5. The third-order valence-electron chi connectivity index (χ3n) is 4.72. The van der Waals surface area contributed by atoms with E-state index in [4.69, 9.17) is 0 Å². The molecule has 1 atom stereocenters. The van der Waals surface area contributed by atoms with E-state index in [1.165, 1.54) is 6.20 Å². The van der Waals surface area contributed by atoms with Crippen LogP contribution in [-0.4, -0.2) is 19.0 Å². The fourth-order valence-corrected chi connectivity index (χ4v) is 2.99. The number of amides is 1. The summed E-state index contributed by atoms with van der Waals surface area (Å²) in [5.74, 6) is -0.399. The van der Waals surface area contributed by atoms with Crippen molar-refractivity contribution in [2.24, 2.45) is 0 Å². The lowest BCUT2D eigenvalue weighted by Gasteiger charge is -2.22. The van der Waals surface area contributed by atoms with Crippen LogP contribution in [0.15, 0.2) is 60.3 Å². The Labute approximate surface area is 167 Å². The molecule has 5 nitrogen and oxygen atoms in total. The molecule has 0 aliphatic carbocycles. The molecule has 0 aromatic heterocycles. The van der Waals surface area contributed by atoms with Gasteiger partial charge >= 0.3 is 0 Å². The topological polar surface area (TPSA) is 68.2 Å². The van der Waals surface area contributed by atoms with Gasteiger partial charge in [0, 0.05) is 30.7 Å². The van der Waals surface area contributed by atoms with Crippen LogP contribution in [0, 0.1) is 18.3 Å². The second-order valence-corrected chi connectivity index (χ2v) is 6.59. The van der Waals surface area contributed by atoms with Gasteiger partial charge in [-0.2, -0.15) is 5.26 Å². The van der Waals surface area contributed by atoms with Gasteiger partial charge in [-0.05, 0) is 57.0 Å². The number of nitrogens with zero attached hydrogens (tertiary/aromatic N) is 2. The van der Waals surface area contributed by atoms with Crippen LogP contribution in [0.5, 0.6) is 0 Å². The highest BCUT2D eigenvalue weighted by molar-refractivity contribution is 5.97. The van der Waals surface area contributed by atoms with Gasteiger partial charge in [-0.25, -0.2) is 0 Å². The van der Waals surface area contributed by atoms with E-state index < -0.39 is 5.91 Å². The standard InChI is InChI=1S/C23H28N4O/c1-5-27(6-2)21-12-13-22(17(3)14-21)25-16-20(15-24)23(28)26-18(4)19-10-8-7-9-11-19/h7-14,16,18,25H,5-6H2,1-4H3,(H,26,28)/b20-16-. The van der Waals surface area contributed by atoms with Gasteiger partial charge in [0.2, 0.25) is 0 Å². The van der Waals surface area contributed by atoms with E-state index in [0.717, 1.165) is 35.6 Å². The van der Waals surface area contributed by atoms with E-state index in [2.05, 4.69) is 35.4 Å². The molecule has 1 unspecified atom stereocenters. The van der Waals surface area contributed by atoms with E-state index >= 15 is 0 Å². The SMILES string of the molecule is CCN(CC)c1ccc(N/C=C(/C#N)C(=O)NC(C)c2ccccc2)c(C)c1. The molecule has 28 heavy (non-hydrogen) atoms. The predicted molar refractivity (Wildman–Crippen MR) is 115 cm³/mol. The van der Waals surface area contributed by atoms with Gasteiger partial charge in [0.1, 0.15) is 11.6 Å². The van der Waals surface area contributed by atoms with Crippen LogP contribution in [0.1, 0.15) is 37.9 Å². The van der Waals surface area contributed by atoms with E-state index in [9.17, 15) is 10.1 Å². The van der Waals surface area contributed by atoms with Crippen molar-refractivity contribution >= 4 is 17.3 Å². The summed E-state index contributed by atoms with van der Waals surface area (Å²) in [6.45, 7) is 10.0. The van der Waals surface area contributed by atoms with Crippen molar-refractivity contribution in [1.29, 1.82) is 5.26 Å². The molecule has 0 spiro atoms. The zero-order valence-corrected chi connectivity index (χ0v) is 17.0. The number of nitriles is 1. The van der Waals surface area contributed by atoms with Crippen molar-refractivity contribution in [3.8, 4) is 6.07 Å². The molecule has 2 rings (SSSR count). The summed E-state index contributed by atoms with van der Waals surface area (Å²) >= 11 is 0. The number of rotatable bonds is 8. The first-order valence-corrected chi connectivity index (χ1v) is 9.58. The van der Waals surface area contributed by atoms with Crippen molar-refractivity contribution in [3.05, 3.63) is 71.4 Å². The summed E-state index contributed by atoms with van der Waals surface area (Å²) in [5, 5.41) is 15.3. The van der Waals surface area contributed by atoms with Crippen LogP contribution in [-0.2, 0) is 4.79 Å². The molecule has 0 radical (unpaired) electrons. The molecule has 2 N–H and O–H groups in total. The lowest BCUT2D eigenvalue weighted by molar-refractivity contribution is -0.117. The van der Waals surface area contributed by atoms with Crippen molar-refractivity contribution in [2.45, 2.75) is 33.7 Å². The van der Waals surface area contributed by atoms with Gasteiger partial charge in [0.25, 0.3) is 5.91 Å². The molecule has 0 saturated heterocycles. The van der Waals surface area contributed by atoms with Gasteiger partial charge < -0.3 is 15.5 Å². The maximum Gasteiger partial charge on any atom is 0.263 e. The highest BCUT2D eigenvalue weighted by Gasteiger charge is 2.14. The quantitative estimate of drug-likeness (QED) is 0.524. The van der Waals surface area contributed by atoms with Crippen molar-refractivity contribution in [3.63, 3.8) is 0 Å². The number of hydrogen-bond donors (Lipinski definition) is 2. The molecule has 5 heteroatoms. The Hall–Kier alpha value is -3.26. The lowest BCUT2D eigenvalue weighted by Crippen LogP contribution is -2.28. The number of carbonyl (C=O) groups is 1. The minimum Gasteiger partial charge on any atom is -0.372 e. The average molecular weight is 377 g/mol. The Morgan fingerprint density at radius 1 is 1.18 bits per heavy atom. The van der Waals surface area contributed by atoms with E-state index in [1.54, 1.807) is 0 Å². The summed E-state index contributed by atoms with van der Waals surface area (Å²) < 4.78 is 0. The van der Waals surface area contributed by atoms with E-state index in [1.807, 2.05) is 62.4 Å². The number of nitrogens with one attached hydrogen (secondary N) is 2. The van der Waals surface area contributed by atoms with Crippen LogP contribution in [0.2, 0.25) is 0 Å². The van der Waals surface area contributed by atoms with Gasteiger partial charge in [-0.15, -0.1) is 0 Å². The second-order valence-electron chi connectivity index (χ2n) is 6.59. The third kappa shape index (κ3) is 5.37. The predicted octanol–water partition coefficient (Wildman–Crippen LogP) is 4.54. The van der Waals surface area contributed by atoms with Gasteiger partial charge in [0.05, 0.1) is 6.04 Å². The Balaban J connectivity index is 2.08. The molecule has 0 heterocycles. The van der Waals surface area contributed by atoms with Gasteiger partial charge in [-0.1, -0.05) is 30.3 Å². The Morgan fingerprint density at radius 2 is 1.86 bits per heavy atom. The van der Waals surface area contributed by atoms with Gasteiger partial charge in [-0.3, -0.25) is 4.79 Å². The molecule has 1 amide bonds. The zero-order chi connectivity index (χ0) is 20.5. The Morgan fingerprint density at radius 3 is 2.43 bits per heavy atom. The molecular formula is C23H28N4O. The van der Waals surface area contributed by atoms with Crippen LogP contribution in [0.3, 0.4) is 0 Å². The maximum atomic E-state index is 12.4. The van der Waals surface area contributed by atoms with Crippen molar-refractivity contribution in [1.82, 2.24) is 5.32 Å². The number of carbonyl (C=O) groups excluding carboxylic acids is 1. The fourth-order valence-electron chi connectivity index (χ4n) is 2.99. The Bertz CT molecular complexity index is 864. The number of anilines is 2. The lowest BCUT2D eigenvalue weighted by atomic mass is 10.1. The highest BCUT2D eigenvalue weighted by Crippen LogP contribution is 2.23. The minimum atomic E-state index is -0.399. The van der Waals surface area contributed by atoms with E-state index in [0.29, 0.717) is 0 Å². The molecule has 146 valence electrons. The summed E-state index contributed by atoms with van der Waals surface area (Å²) in [5.41, 5.74) is 4.11. The largest absolute Gasteiger partial charge is 0.372 e. The molecule has 2 aromatic carbocycles. The summed E-state index contributed by atoms with van der Waals surface area (Å²) in [4.78, 5) is 14.7. The number of hydrogen-bond acceptors (Lipinski definition) is 4. The number of benzene rings is 2. The monoisotopic (exact) mass is 376 g/mol. The molecule has 0 fully saturated rings. The summed E-state index contributed by atoms with van der Waals surface area (Å²) in [6.07, 6.45) is 1.46. The third-order valence-corrected chi connectivity index (χ3v) is 4.72. The highest BCUT2D eigenvalue weighted by atomic mass is 16.1. The van der Waals surface area contributed by atoms with Crippen molar-refractivity contribution < 1.29 is 4.79 Å². The zero-order valence-electron chi connectivity index (χ0n) is 17.0. The smallest absolute Gasteiger partial charge is 0.263 e. The normalized spacial score (nSPS) is 12.0. The summed E-state index contributed by atoms with van der Waals surface area (Å²) in [7, 11) is 0. The molecule has 2 aromatic rings. The molecule has 0 saturated carbocycles. The van der Waals surface area contributed by atoms with Crippen LogP contribution >= 0.6 is 0 Å². The summed E-state index contributed by atoms with van der Waals surface area (Å²) in [6, 6.07) is 17.6. The van der Waals surface area contributed by atoms with Gasteiger partial charge in [0.15, 0.2) is 0 Å². The first kappa shape index (κ1) is 21.0. The molecule has 0 bridgehead atoms. The second kappa shape index (κ2) is 10.2. The molecular weight excluding hydrogens is 348 g/mol. The minimum absolute atomic E-state index is 0.0370. The molecule has 0 aliphatic rings. The molecule has 0 aliphatic heterocycles. The maximum absolute atomic E-state index is 12.4. The number of aryl methyl sites for hydroxylation is 1. The average Bonchev–Trinajstić information content (AvgIpc) is 2.71. The van der Waals surface area contributed by atoms with Crippen LogP contribution < -0.4 is 15.5 Å². The first-order valence-electron chi connectivity index (χ1n) is 9.58. The van der Waals surface area contributed by atoms with Crippen LogP contribution in [0.25, 0.3) is 0 Å². The van der Waals surface area contributed by atoms with Crippen LogP contribution in [0.4, 0.5) is 11.4 Å². The fraction of sp³-hybridized carbons (Fsp3) is 0.304.